The Bertz CT molecular complexity index is 933. The summed E-state index contributed by atoms with van der Waals surface area (Å²) in [6.45, 7) is 6.38. The Balaban J connectivity index is 1.38. The summed E-state index contributed by atoms with van der Waals surface area (Å²) in [5.41, 5.74) is 2.18. The van der Waals surface area contributed by atoms with Crippen molar-refractivity contribution >= 4 is 16.9 Å². The number of nitrogens with one attached hydrogen (secondary N) is 1. The van der Waals surface area contributed by atoms with Gasteiger partial charge in [-0.1, -0.05) is 0 Å². The van der Waals surface area contributed by atoms with E-state index in [2.05, 4.69) is 10.2 Å². The molecule has 7 heteroatoms. The van der Waals surface area contributed by atoms with E-state index in [4.69, 9.17) is 13.9 Å². The number of ether oxygens (including phenoxy) is 2. The number of amides is 1. The molecule has 7 nitrogen and oxygen atoms in total. The van der Waals surface area contributed by atoms with Gasteiger partial charge in [0.1, 0.15) is 11.3 Å². The van der Waals surface area contributed by atoms with E-state index in [0.717, 1.165) is 75.0 Å². The molecule has 156 valence electrons. The second-order valence-corrected chi connectivity index (χ2v) is 7.72. The van der Waals surface area contributed by atoms with Crippen LogP contribution in [0.1, 0.15) is 30.9 Å². The normalized spacial score (nSPS) is 18.2. The molecule has 1 aromatic carbocycles. The van der Waals surface area contributed by atoms with E-state index in [1.807, 2.05) is 12.1 Å². The maximum absolute atomic E-state index is 12.3. The molecule has 2 heterocycles. The fourth-order valence-corrected chi connectivity index (χ4v) is 4.06. The number of hydrogen-bond acceptors (Lipinski definition) is 6. The molecule has 1 aliphatic carbocycles. The van der Waals surface area contributed by atoms with E-state index in [0.29, 0.717) is 17.9 Å². The first-order valence-electron chi connectivity index (χ1n) is 10.4. The highest BCUT2D eigenvalue weighted by molar-refractivity contribution is 5.83. The number of morpholine rings is 1. The number of benzene rings is 1. The number of fused-ring (bicyclic) bond motifs is 3. The van der Waals surface area contributed by atoms with Crippen molar-refractivity contribution in [1.82, 2.24) is 10.2 Å². The molecule has 29 heavy (non-hydrogen) atoms. The van der Waals surface area contributed by atoms with Crippen LogP contribution in [0.5, 0.6) is 5.75 Å². The molecule has 0 saturated carbocycles. The third-order valence-electron chi connectivity index (χ3n) is 5.71. The van der Waals surface area contributed by atoms with E-state index in [9.17, 15) is 9.59 Å². The van der Waals surface area contributed by atoms with Crippen LogP contribution in [0.15, 0.2) is 27.4 Å². The van der Waals surface area contributed by atoms with Gasteiger partial charge in [0.25, 0.3) is 5.91 Å². The zero-order valence-corrected chi connectivity index (χ0v) is 16.9. The lowest BCUT2D eigenvalue weighted by Gasteiger charge is -2.26. The van der Waals surface area contributed by atoms with Crippen molar-refractivity contribution in [2.24, 2.45) is 0 Å². The molecule has 1 aliphatic heterocycles. The fourth-order valence-electron chi connectivity index (χ4n) is 4.06. The standard InChI is InChI=1S/C22H28N2O5/c1-15(21(25)23-8-9-24-10-12-27-13-11-24)28-16-6-7-18-17-4-2-3-5-19(17)22(26)29-20(18)14-16/h6-7,14-15H,2-5,8-13H2,1H3,(H,23,25)/t15-/m0/s1. The van der Waals surface area contributed by atoms with Gasteiger partial charge in [0.05, 0.1) is 13.2 Å². The van der Waals surface area contributed by atoms with Gasteiger partial charge in [-0.05, 0) is 50.3 Å². The van der Waals surface area contributed by atoms with Crippen LogP contribution in [0.4, 0.5) is 0 Å². The molecule has 1 saturated heterocycles. The van der Waals surface area contributed by atoms with Gasteiger partial charge >= 0.3 is 5.63 Å². The van der Waals surface area contributed by atoms with Gasteiger partial charge in [-0.3, -0.25) is 9.69 Å². The summed E-state index contributed by atoms with van der Waals surface area (Å²) in [5, 5.41) is 3.88. The number of carbonyl (C=O) groups excluding carboxylic acids is 1. The van der Waals surface area contributed by atoms with Gasteiger partial charge < -0.3 is 19.2 Å². The first-order chi connectivity index (χ1) is 14.1. The van der Waals surface area contributed by atoms with Gasteiger partial charge in [-0.25, -0.2) is 4.79 Å². The Morgan fingerprint density at radius 2 is 1.97 bits per heavy atom. The summed E-state index contributed by atoms with van der Waals surface area (Å²) in [7, 11) is 0. The zero-order chi connectivity index (χ0) is 20.2. The largest absolute Gasteiger partial charge is 0.481 e. The van der Waals surface area contributed by atoms with E-state index in [-0.39, 0.29) is 11.5 Å². The SMILES string of the molecule is C[C@H](Oc1ccc2c3c(c(=O)oc2c1)CCCC3)C(=O)NCCN1CCOCC1. The van der Waals surface area contributed by atoms with Crippen LogP contribution < -0.4 is 15.7 Å². The Labute approximate surface area is 170 Å². The van der Waals surface area contributed by atoms with Crippen molar-refractivity contribution in [1.29, 1.82) is 0 Å². The van der Waals surface area contributed by atoms with Crippen LogP contribution in [-0.4, -0.2) is 56.3 Å². The highest BCUT2D eigenvalue weighted by Gasteiger charge is 2.20. The van der Waals surface area contributed by atoms with Crippen molar-refractivity contribution in [2.75, 3.05) is 39.4 Å². The minimum absolute atomic E-state index is 0.162. The Morgan fingerprint density at radius 3 is 2.76 bits per heavy atom. The van der Waals surface area contributed by atoms with Crippen LogP contribution in [0.3, 0.4) is 0 Å². The van der Waals surface area contributed by atoms with Crippen molar-refractivity contribution < 1.29 is 18.7 Å². The minimum atomic E-state index is -0.638. The minimum Gasteiger partial charge on any atom is -0.481 e. The molecule has 1 aromatic heterocycles. The lowest BCUT2D eigenvalue weighted by Crippen LogP contribution is -2.43. The predicted molar refractivity (Wildman–Crippen MR) is 109 cm³/mol. The molecule has 0 unspecified atom stereocenters. The molecule has 0 spiro atoms. The lowest BCUT2D eigenvalue weighted by atomic mass is 9.91. The molecular formula is C22H28N2O5. The number of hydrogen-bond donors (Lipinski definition) is 1. The van der Waals surface area contributed by atoms with Crippen LogP contribution >= 0.6 is 0 Å². The van der Waals surface area contributed by atoms with Gasteiger partial charge in [0.15, 0.2) is 6.10 Å². The van der Waals surface area contributed by atoms with Crippen LogP contribution in [0, 0.1) is 0 Å². The summed E-state index contributed by atoms with van der Waals surface area (Å²) < 4.78 is 16.7. The Morgan fingerprint density at radius 1 is 1.21 bits per heavy atom. The highest BCUT2D eigenvalue weighted by atomic mass is 16.5. The van der Waals surface area contributed by atoms with Gasteiger partial charge in [0.2, 0.25) is 0 Å². The van der Waals surface area contributed by atoms with Crippen LogP contribution in [-0.2, 0) is 22.4 Å². The topological polar surface area (TPSA) is 81.0 Å². The van der Waals surface area contributed by atoms with Crippen molar-refractivity contribution in [3.63, 3.8) is 0 Å². The summed E-state index contributed by atoms with van der Waals surface area (Å²) >= 11 is 0. The fraction of sp³-hybridized carbons (Fsp3) is 0.545. The molecule has 1 amide bonds. The average Bonchev–Trinajstić information content (AvgIpc) is 2.74. The maximum atomic E-state index is 12.3. The maximum Gasteiger partial charge on any atom is 0.339 e. The third kappa shape index (κ3) is 4.62. The smallest absolute Gasteiger partial charge is 0.339 e. The highest BCUT2D eigenvalue weighted by Crippen LogP contribution is 2.29. The molecule has 4 rings (SSSR count). The zero-order valence-electron chi connectivity index (χ0n) is 16.9. The summed E-state index contributed by atoms with van der Waals surface area (Å²) in [6.07, 6.45) is 3.17. The molecule has 2 aliphatic rings. The average molecular weight is 400 g/mol. The van der Waals surface area contributed by atoms with Crippen molar-refractivity contribution in [3.8, 4) is 5.75 Å². The first-order valence-corrected chi connectivity index (χ1v) is 10.4. The third-order valence-corrected chi connectivity index (χ3v) is 5.71. The van der Waals surface area contributed by atoms with Crippen molar-refractivity contribution in [3.05, 3.63) is 39.7 Å². The first kappa shape index (κ1) is 19.9. The molecule has 0 radical (unpaired) electrons. The molecule has 1 atom stereocenters. The van der Waals surface area contributed by atoms with E-state index >= 15 is 0 Å². The quantitative estimate of drug-likeness (QED) is 0.746. The van der Waals surface area contributed by atoms with Crippen LogP contribution in [0.25, 0.3) is 11.0 Å². The number of nitrogens with zero attached hydrogens (tertiary/aromatic N) is 1. The van der Waals surface area contributed by atoms with Gasteiger partial charge in [-0.15, -0.1) is 0 Å². The molecule has 1 fully saturated rings. The molecule has 0 bridgehead atoms. The second-order valence-electron chi connectivity index (χ2n) is 7.72. The summed E-state index contributed by atoms with van der Waals surface area (Å²) in [4.78, 5) is 26.9. The Hall–Kier alpha value is -2.38. The number of carbonyl (C=O) groups is 1. The molecule has 1 N–H and O–H groups in total. The van der Waals surface area contributed by atoms with E-state index in [1.54, 1.807) is 13.0 Å². The predicted octanol–water partition coefficient (Wildman–Crippen LogP) is 1.89. The monoisotopic (exact) mass is 400 g/mol. The van der Waals surface area contributed by atoms with Crippen molar-refractivity contribution in [2.45, 2.75) is 38.7 Å². The number of rotatable bonds is 6. The van der Waals surface area contributed by atoms with E-state index < -0.39 is 6.10 Å². The lowest BCUT2D eigenvalue weighted by molar-refractivity contribution is -0.127. The van der Waals surface area contributed by atoms with Gasteiger partial charge in [-0.2, -0.15) is 0 Å². The number of aryl methyl sites for hydroxylation is 1. The molecule has 2 aromatic rings. The summed E-state index contributed by atoms with van der Waals surface area (Å²) in [5.74, 6) is 0.359. The van der Waals surface area contributed by atoms with E-state index in [1.165, 1.54) is 0 Å². The van der Waals surface area contributed by atoms with Crippen LogP contribution in [0.2, 0.25) is 0 Å². The molecular weight excluding hydrogens is 372 g/mol. The second kappa shape index (κ2) is 8.97. The Kier molecular flexibility index (Phi) is 6.16. The summed E-state index contributed by atoms with van der Waals surface area (Å²) in [6, 6.07) is 5.48. The van der Waals surface area contributed by atoms with Gasteiger partial charge in [0, 0.05) is 43.2 Å².